The molecule has 1 atom stereocenters. The second kappa shape index (κ2) is 5.87. The molecular formula is C14H22N2O2. The number of nitrogens with two attached hydrogens (primary N) is 1. The van der Waals surface area contributed by atoms with Gasteiger partial charge in [-0.15, -0.1) is 0 Å². The summed E-state index contributed by atoms with van der Waals surface area (Å²) >= 11 is 0. The molecule has 0 aliphatic carbocycles. The normalized spacial score (nSPS) is 13.0. The summed E-state index contributed by atoms with van der Waals surface area (Å²) in [5.41, 5.74) is 7.09. The quantitative estimate of drug-likeness (QED) is 0.839. The minimum atomic E-state index is -0.359. The highest BCUT2D eigenvalue weighted by Crippen LogP contribution is 2.30. The molecule has 0 bridgehead atoms. The van der Waals surface area contributed by atoms with E-state index in [1.54, 1.807) is 6.07 Å². The molecule has 0 saturated heterocycles. The van der Waals surface area contributed by atoms with Crippen molar-refractivity contribution in [3.05, 3.63) is 29.3 Å². The van der Waals surface area contributed by atoms with Gasteiger partial charge in [0.1, 0.15) is 5.75 Å². The lowest BCUT2D eigenvalue weighted by molar-refractivity contribution is -0.120. The van der Waals surface area contributed by atoms with Gasteiger partial charge < -0.3 is 10.8 Å². The first-order chi connectivity index (χ1) is 8.32. The number of aryl methyl sites for hydroxylation is 1. The molecule has 0 spiro atoms. The summed E-state index contributed by atoms with van der Waals surface area (Å²) in [7, 11) is 0. The number of hydrogen-bond acceptors (Lipinski definition) is 3. The Balaban J connectivity index is 3.01. The van der Waals surface area contributed by atoms with Gasteiger partial charge in [-0.3, -0.25) is 9.69 Å². The summed E-state index contributed by atoms with van der Waals surface area (Å²) in [4.78, 5) is 13.1. The largest absolute Gasteiger partial charge is 0.508 e. The van der Waals surface area contributed by atoms with Crippen molar-refractivity contribution in [1.29, 1.82) is 0 Å². The summed E-state index contributed by atoms with van der Waals surface area (Å²) in [5.74, 6) is -0.0974. The Morgan fingerprint density at radius 1 is 1.39 bits per heavy atom. The number of benzene rings is 1. The zero-order chi connectivity index (χ0) is 13.9. The third kappa shape index (κ3) is 3.47. The van der Waals surface area contributed by atoms with Crippen molar-refractivity contribution in [3.63, 3.8) is 0 Å². The van der Waals surface area contributed by atoms with E-state index in [1.165, 1.54) is 0 Å². The van der Waals surface area contributed by atoms with Crippen LogP contribution in [0, 0.1) is 6.92 Å². The lowest BCUT2D eigenvalue weighted by Crippen LogP contribution is -2.40. The number of hydrogen-bond donors (Lipinski definition) is 2. The Kier molecular flexibility index (Phi) is 4.73. The molecule has 0 aliphatic rings. The van der Waals surface area contributed by atoms with Crippen LogP contribution in [-0.4, -0.2) is 28.5 Å². The molecule has 1 unspecified atom stereocenters. The molecule has 1 amide bonds. The number of carbonyl (C=O) groups is 1. The van der Waals surface area contributed by atoms with Gasteiger partial charge in [-0.25, -0.2) is 0 Å². The molecule has 1 rings (SSSR count). The fourth-order valence-corrected chi connectivity index (χ4v) is 2.13. The van der Waals surface area contributed by atoms with Crippen LogP contribution in [0.25, 0.3) is 0 Å². The van der Waals surface area contributed by atoms with E-state index in [0.29, 0.717) is 0 Å². The first-order valence-electron chi connectivity index (χ1n) is 6.16. The molecule has 1 aromatic rings. The van der Waals surface area contributed by atoms with Gasteiger partial charge in [0.15, 0.2) is 0 Å². The third-order valence-corrected chi connectivity index (χ3v) is 3.14. The van der Waals surface area contributed by atoms with E-state index in [2.05, 4.69) is 0 Å². The molecule has 4 heteroatoms. The van der Waals surface area contributed by atoms with Gasteiger partial charge in [0.25, 0.3) is 0 Å². The van der Waals surface area contributed by atoms with Crippen LogP contribution in [0.3, 0.4) is 0 Å². The van der Waals surface area contributed by atoms with Gasteiger partial charge in [0, 0.05) is 17.6 Å². The molecule has 0 aromatic heterocycles. The van der Waals surface area contributed by atoms with Gasteiger partial charge in [0.05, 0.1) is 6.54 Å². The maximum atomic E-state index is 11.1. The van der Waals surface area contributed by atoms with Gasteiger partial charge in [-0.1, -0.05) is 12.1 Å². The number of carbonyl (C=O) groups excluding carboxylic acids is 1. The predicted octanol–water partition coefficient (Wildman–Crippen LogP) is 1.96. The van der Waals surface area contributed by atoms with Crippen LogP contribution in [0.1, 0.15) is 37.9 Å². The molecule has 18 heavy (non-hydrogen) atoms. The second-order valence-electron chi connectivity index (χ2n) is 4.97. The Labute approximate surface area is 108 Å². The monoisotopic (exact) mass is 250 g/mol. The third-order valence-electron chi connectivity index (χ3n) is 3.14. The number of rotatable bonds is 5. The van der Waals surface area contributed by atoms with E-state index >= 15 is 0 Å². The van der Waals surface area contributed by atoms with E-state index in [1.807, 2.05) is 44.7 Å². The molecule has 100 valence electrons. The van der Waals surface area contributed by atoms with E-state index in [0.717, 1.165) is 11.1 Å². The Bertz CT molecular complexity index is 430. The molecule has 0 saturated carbocycles. The van der Waals surface area contributed by atoms with Gasteiger partial charge in [-0.05, 0) is 39.3 Å². The summed E-state index contributed by atoms with van der Waals surface area (Å²) in [6, 6.07) is 5.69. The maximum absolute atomic E-state index is 11.1. The highest BCUT2D eigenvalue weighted by atomic mass is 16.3. The van der Waals surface area contributed by atoms with Crippen LogP contribution >= 0.6 is 0 Å². The summed E-state index contributed by atoms with van der Waals surface area (Å²) in [6.07, 6.45) is 0. The molecule has 3 N–H and O–H groups in total. The summed E-state index contributed by atoms with van der Waals surface area (Å²) in [5, 5.41) is 9.98. The molecule has 0 radical (unpaired) electrons. The summed E-state index contributed by atoms with van der Waals surface area (Å²) < 4.78 is 0. The zero-order valence-corrected chi connectivity index (χ0v) is 11.5. The van der Waals surface area contributed by atoms with Crippen molar-refractivity contribution in [2.24, 2.45) is 5.73 Å². The second-order valence-corrected chi connectivity index (χ2v) is 4.97. The maximum Gasteiger partial charge on any atom is 0.231 e. The molecule has 1 aromatic carbocycles. The van der Waals surface area contributed by atoms with Crippen LogP contribution in [0.15, 0.2) is 18.2 Å². The first kappa shape index (κ1) is 14.5. The number of amides is 1. The minimum Gasteiger partial charge on any atom is -0.508 e. The van der Waals surface area contributed by atoms with Gasteiger partial charge in [-0.2, -0.15) is 0 Å². The van der Waals surface area contributed by atoms with Gasteiger partial charge in [0.2, 0.25) is 5.91 Å². The highest BCUT2D eigenvalue weighted by molar-refractivity contribution is 5.76. The van der Waals surface area contributed by atoms with Crippen molar-refractivity contribution >= 4 is 5.91 Å². The van der Waals surface area contributed by atoms with Crippen LogP contribution in [0.4, 0.5) is 0 Å². The standard InChI is InChI=1S/C14H22N2O2/c1-9(2)16(8-14(15)18)11(4)12-6-5-10(3)7-13(12)17/h5-7,9,11,17H,8H2,1-4H3,(H2,15,18). The number of phenolic OH excluding ortho intramolecular Hbond substituents is 1. The Morgan fingerprint density at radius 3 is 2.44 bits per heavy atom. The molecule has 0 heterocycles. The number of phenols is 1. The molecular weight excluding hydrogens is 228 g/mol. The van der Waals surface area contributed by atoms with Gasteiger partial charge >= 0.3 is 0 Å². The zero-order valence-electron chi connectivity index (χ0n) is 11.5. The smallest absolute Gasteiger partial charge is 0.231 e. The van der Waals surface area contributed by atoms with Crippen LogP contribution in [-0.2, 0) is 4.79 Å². The van der Waals surface area contributed by atoms with Crippen molar-refractivity contribution in [3.8, 4) is 5.75 Å². The molecule has 0 aliphatic heterocycles. The van der Waals surface area contributed by atoms with E-state index in [-0.39, 0.29) is 30.3 Å². The number of primary amides is 1. The van der Waals surface area contributed by atoms with Crippen molar-refractivity contribution in [2.45, 2.75) is 39.8 Å². The van der Waals surface area contributed by atoms with Crippen LogP contribution in [0.2, 0.25) is 0 Å². The first-order valence-corrected chi connectivity index (χ1v) is 6.16. The number of nitrogens with zero attached hydrogens (tertiary/aromatic N) is 1. The van der Waals surface area contributed by atoms with Crippen molar-refractivity contribution in [2.75, 3.05) is 6.54 Å². The van der Waals surface area contributed by atoms with Crippen LogP contribution < -0.4 is 5.73 Å². The molecule has 4 nitrogen and oxygen atoms in total. The van der Waals surface area contributed by atoms with Crippen LogP contribution in [0.5, 0.6) is 5.75 Å². The van der Waals surface area contributed by atoms with Crippen molar-refractivity contribution in [1.82, 2.24) is 4.90 Å². The minimum absolute atomic E-state index is 0.0573. The lowest BCUT2D eigenvalue weighted by Gasteiger charge is -2.32. The Hall–Kier alpha value is -1.55. The van der Waals surface area contributed by atoms with Crippen molar-refractivity contribution < 1.29 is 9.90 Å². The highest BCUT2D eigenvalue weighted by Gasteiger charge is 2.22. The fraction of sp³-hybridized carbons (Fsp3) is 0.500. The number of aromatic hydroxyl groups is 1. The average molecular weight is 250 g/mol. The SMILES string of the molecule is Cc1ccc(C(C)N(CC(N)=O)C(C)C)c(O)c1. The predicted molar refractivity (Wildman–Crippen MR) is 72.3 cm³/mol. The fourth-order valence-electron chi connectivity index (χ4n) is 2.13. The molecule has 0 fully saturated rings. The average Bonchev–Trinajstić information content (AvgIpc) is 2.24. The van der Waals surface area contributed by atoms with E-state index < -0.39 is 0 Å². The Morgan fingerprint density at radius 2 is 2.00 bits per heavy atom. The van der Waals surface area contributed by atoms with E-state index in [4.69, 9.17) is 5.73 Å². The summed E-state index contributed by atoms with van der Waals surface area (Å²) in [6.45, 7) is 8.09. The van der Waals surface area contributed by atoms with E-state index in [9.17, 15) is 9.90 Å². The lowest BCUT2D eigenvalue weighted by atomic mass is 10.0. The topological polar surface area (TPSA) is 66.6 Å².